The lowest BCUT2D eigenvalue weighted by atomic mass is 10.1. The third kappa shape index (κ3) is 5.30. The van der Waals surface area contributed by atoms with Crippen molar-refractivity contribution in [1.82, 2.24) is 10.3 Å². The smallest absolute Gasteiger partial charge is 0.257 e. The minimum atomic E-state index is -0.322. The zero-order chi connectivity index (χ0) is 19.2. The first-order chi connectivity index (χ1) is 13.0. The number of anilines is 1. The molecular formula is C21H24ClN3O2. The predicted octanol–water partition coefficient (Wildman–Crippen LogP) is 4.75. The Hall–Kier alpha value is -2.40. The lowest BCUT2D eigenvalue weighted by Gasteiger charge is -2.16. The molecule has 1 fully saturated rings. The number of aromatic nitrogens is 1. The summed E-state index contributed by atoms with van der Waals surface area (Å²) in [5.41, 5.74) is 2.28. The number of hydrogen-bond donors (Lipinski definition) is 2. The number of carbonyl (C=O) groups excluding carboxylic acids is 2. The highest BCUT2D eigenvalue weighted by Gasteiger charge is 2.17. The fraction of sp³-hybridized carbons (Fsp3) is 0.381. The van der Waals surface area contributed by atoms with Crippen molar-refractivity contribution in [2.45, 2.75) is 51.5 Å². The van der Waals surface area contributed by atoms with Crippen LogP contribution in [-0.4, -0.2) is 22.8 Å². The van der Waals surface area contributed by atoms with Crippen molar-refractivity contribution in [1.29, 1.82) is 0 Å². The molecule has 27 heavy (non-hydrogen) atoms. The van der Waals surface area contributed by atoms with Crippen LogP contribution in [0.2, 0.25) is 5.02 Å². The summed E-state index contributed by atoms with van der Waals surface area (Å²) in [5, 5.41) is 6.45. The number of halogens is 1. The van der Waals surface area contributed by atoms with Crippen LogP contribution in [-0.2, 0) is 0 Å². The van der Waals surface area contributed by atoms with Crippen molar-refractivity contribution < 1.29 is 9.59 Å². The van der Waals surface area contributed by atoms with Crippen LogP contribution in [0.5, 0.6) is 0 Å². The average molecular weight is 386 g/mol. The molecule has 2 aromatic rings. The van der Waals surface area contributed by atoms with Crippen LogP contribution < -0.4 is 10.6 Å². The minimum Gasteiger partial charge on any atom is -0.349 e. The first kappa shape index (κ1) is 19.4. The molecule has 142 valence electrons. The van der Waals surface area contributed by atoms with E-state index < -0.39 is 0 Å². The second kappa shape index (κ2) is 9.00. The van der Waals surface area contributed by atoms with E-state index >= 15 is 0 Å². The zero-order valence-electron chi connectivity index (χ0n) is 15.4. The first-order valence-corrected chi connectivity index (χ1v) is 9.74. The minimum absolute atomic E-state index is 0.178. The van der Waals surface area contributed by atoms with Gasteiger partial charge in [0.2, 0.25) is 0 Å². The van der Waals surface area contributed by atoms with Crippen molar-refractivity contribution in [3.05, 3.63) is 58.4 Å². The lowest BCUT2D eigenvalue weighted by Crippen LogP contribution is -2.34. The van der Waals surface area contributed by atoms with E-state index in [1.165, 1.54) is 25.2 Å². The van der Waals surface area contributed by atoms with Crippen LogP contribution in [0.3, 0.4) is 0 Å². The number of nitrogens with zero attached hydrogens (tertiary/aromatic N) is 1. The molecule has 6 heteroatoms. The highest BCUT2D eigenvalue weighted by Crippen LogP contribution is 2.21. The van der Waals surface area contributed by atoms with Gasteiger partial charge in [0.05, 0.1) is 11.1 Å². The van der Waals surface area contributed by atoms with Gasteiger partial charge in [0.15, 0.2) is 0 Å². The number of aryl methyl sites for hydroxylation is 1. The van der Waals surface area contributed by atoms with Gasteiger partial charge in [-0.25, -0.2) is 0 Å². The summed E-state index contributed by atoms with van der Waals surface area (Å²) in [7, 11) is 0. The molecular weight excluding hydrogens is 362 g/mol. The maximum Gasteiger partial charge on any atom is 0.257 e. The normalized spacial score (nSPS) is 15.0. The van der Waals surface area contributed by atoms with Crippen molar-refractivity contribution in [2.75, 3.05) is 5.32 Å². The highest BCUT2D eigenvalue weighted by atomic mass is 35.5. The van der Waals surface area contributed by atoms with Gasteiger partial charge in [-0.15, -0.1) is 0 Å². The van der Waals surface area contributed by atoms with E-state index in [4.69, 9.17) is 11.6 Å². The van der Waals surface area contributed by atoms with Gasteiger partial charge >= 0.3 is 0 Å². The third-order valence-corrected chi connectivity index (χ3v) is 5.14. The van der Waals surface area contributed by atoms with Crippen LogP contribution in [0.15, 0.2) is 36.7 Å². The van der Waals surface area contributed by atoms with E-state index in [9.17, 15) is 9.59 Å². The molecule has 0 saturated heterocycles. The second-order valence-corrected chi connectivity index (χ2v) is 7.47. The highest BCUT2D eigenvalue weighted by molar-refractivity contribution is 6.31. The Morgan fingerprint density at radius 3 is 2.37 bits per heavy atom. The van der Waals surface area contributed by atoms with Crippen LogP contribution in [0, 0.1) is 6.92 Å². The molecule has 1 aliphatic carbocycles. The maximum atomic E-state index is 12.6. The molecule has 0 aliphatic heterocycles. The van der Waals surface area contributed by atoms with E-state index in [1.807, 2.05) is 13.0 Å². The van der Waals surface area contributed by atoms with Crippen LogP contribution in [0.4, 0.5) is 5.69 Å². The Labute approximate surface area is 164 Å². The summed E-state index contributed by atoms with van der Waals surface area (Å²) < 4.78 is 0. The summed E-state index contributed by atoms with van der Waals surface area (Å²) in [6.07, 6.45) is 9.71. The molecule has 3 rings (SSSR count). The first-order valence-electron chi connectivity index (χ1n) is 9.36. The molecule has 1 aliphatic rings. The van der Waals surface area contributed by atoms with Crippen molar-refractivity contribution >= 4 is 29.1 Å². The van der Waals surface area contributed by atoms with E-state index in [-0.39, 0.29) is 17.9 Å². The van der Waals surface area contributed by atoms with Gasteiger partial charge in [-0.1, -0.05) is 43.4 Å². The molecule has 2 N–H and O–H groups in total. The zero-order valence-corrected chi connectivity index (χ0v) is 16.2. The van der Waals surface area contributed by atoms with Crippen LogP contribution in [0.25, 0.3) is 0 Å². The predicted molar refractivity (Wildman–Crippen MR) is 107 cm³/mol. The lowest BCUT2D eigenvalue weighted by molar-refractivity contribution is 0.0933. The molecule has 5 nitrogen and oxygen atoms in total. The summed E-state index contributed by atoms with van der Waals surface area (Å²) in [4.78, 5) is 29.2. The van der Waals surface area contributed by atoms with Gasteiger partial charge in [-0.05, 0) is 43.5 Å². The molecule has 0 unspecified atom stereocenters. The standard InChI is InChI=1S/C21H24ClN3O2/c1-14-8-9-17(22)11-19(14)25-21(27)16-10-15(12-23-13-16)20(26)24-18-6-4-2-3-5-7-18/h8-13,18H,2-7H2,1H3,(H,24,26)(H,25,27). The molecule has 0 spiro atoms. The molecule has 1 heterocycles. The summed E-state index contributed by atoms with van der Waals surface area (Å²) in [6.45, 7) is 1.89. The van der Waals surface area contributed by atoms with Gasteiger partial charge < -0.3 is 10.6 Å². The summed E-state index contributed by atoms with van der Waals surface area (Å²) in [6, 6.07) is 7.09. The van der Waals surface area contributed by atoms with Crippen LogP contribution in [0.1, 0.15) is 64.8 Å². The summed E-state index contributed by atoms with van der Waals surface area (Å²) in [5.74, 6) is -0.500. The van der Waals surface area contributed by atoms with Crippen molar-refractivity contribution in [3.8, 4) is 0 Å². The number of benzene rings is 1. The number of rotatable bonds is 4. The quantitative estimate of drug-likeness (QED) is 0.746. The Kier molecular flexibility index (Phi) is 6.45. The van der Waals surface area contributed by atoms with Gasteiger partial charge in [0.1, 0.15) is 0 Å². The number of pyridine rings is 1. The number of carbonyl (C=O) groups is 2. The van der Waals surface area contributed by atoms with Crippen molar-refractivity contribution in [3.63, 3.8) is 0 Å². The SMILES string of the molecule is Cc1ccc(Cl)cc1NC(=O)c1cncc(C(=O)NC2CCCCCC2)c1. The Morgan fingerprint density at radius 2 is 1.67 bits per heavy atom. The molecule has 2 amide bonds. The Morgan fingerprint density at radius 1 is 1.00 bits per heavy atom. The monoisotopic (exact) mass is 385 g/mol. The van der Waals surface area contributed by atoms with E-state index in [0.717, 1.165) is 31.2 Å². The topological polar surface area (TPSA) is 71.1 Å². The number of amides is 2. The van der Waals surface area contributed by atoms with E-state index in [0.29, 0.717) is 21.8 Å². The fourth-order valence-electron chi connectivity index (χ4n) is 3.30. The maximum absolute atomic E-state index is 12.6. The molecule has 0 radical (unpaired) electrons. The second-order valence-electron chi connectivity index (χ2n) is 7.04. The third-order valence-electron chi connectivity index (χ3n) is 4.90. The Bertz CT molecular complexity index is 830. The van der Waals surface area contributed by atoms with Gasteiger partial charge in [-0.2, -0.15) is 0 Å². The summed E-state index contributed by atoms with van der Waals surface area (Å²) >= 11 is 6.00. The van der Waals surface area contributed by atoms with Gasteiger partial charge in [-0.3, -0.25) is 14.6 Å². The number of hydrogen-bond acceptors (Lipinski definition) is 3. The van der Waals surface area contributed by atoms with Gasteiger partial charge in [0.25, 0.3) is 11.8 Å². The fourth-order valence-corrected chi connectivity index (χ4v) is 3.48. The molecule has 1 saturated carbocycles. The molecule has 1 aromatic heterocycles. The van der Waals surface area contributed by atoms with E-state index in [1.54, 1.807) is 18.2 Å². The molecule has 0 bridgehead atoms. The largest absolute Gasteiger partial charge is 0.349 e. The van der Waals surface area contributed by atoms with E-state index in [2.05, 4.69) is 15.6 Å². The molecule has 1 aromatic carbocycles. The average Bonchev–Trinajstić information content (AvgIpc) is 2.93. The van der Waals surface area contributed by atoms with Gasteiger partial charge in [0, 0.05) is 29.1 Å². The number of nitrogens with one attached hydrogen (secondary N) is 2. The molecule has 0 atom stereocenters. The van der Waals surface area contributed by atoms with Crippen molar-refractivity contribution in [2.24, 2.45) is 0 Å². The Balaban J connectivity index is 1.69. The van der Waals surface area contributed by atoms with Crippen LogP contribution >= 0.6 is 11.6 Å².